The number of nitrogens with zero attached hydrogens (tertiary/aromatic N) is 2. The number of ether oxygens (including phenoxy) is 1. The Morgan fingerprint density at radius 2 is 2.08 bits per heavy atom. The van der Waals surface area contributed by atoms with Gasteiger partial charge in [0.25, 0.3) is 0 Å². The van der Waals surface area contributed by atoms with Crippen LogP contribution in [0.15, 0.2) is 42.6 Å². The van der Waals surface area contributed by atoms with E-state index >= 15 is 0 Å². The van der Waals surface area contributed by atoms with Gasteiger partial charge in [0.05, 0.1) is 12.3 Å². The lowest BCUT2D eigenvalue weighted by Gasteiger charge is -2.25. The van der Waals surface area contributed by atoms with Gasteiger partial charge in [-0.2, -0.15) is 0 Å². The van der Waals surface area contributed by atoms with E-state index in [9.17, 15) is 9.59 Å². The van der Waals surface area contributed by atoms with Gasteiger partial charge >= 0.3 is 5.97 Å². The number of fused-ring (bicyclic) bond motifs is 1. The Hall–Kier alpha value is -2.60. The van der Waals surface area contributed by atoms with Gasteiger partial charge in [0.2, 0.25) is 5.91 Å². The second kappa shape index (κ2) is 6.88. The summed E-state index contributed by atoms with van der Waals surface area (Å²) in [5, 5.41) is 3.71. The predicted molar refractivity (Wildman–Crippen MR) is 90.8 cm³/mol. The molecule has 1 aliphatic rings. The van der Waals surface area contributed by atoms with Gasteiger partial charge in [-0.25, -0.2) is 4.98 Å². The third-order valence-electron chi connectivity index (χ3n) is 3.65. The molecular formula is C17H16ClN3O3. The van der Waals surface area contributed by atoms with Crippen molar-refractivity contribution in [1.29, 1.82) is 0 Å². The van der Waals surface area contributed by atoms with Crippen LogP contribution in [0.1, 0.15) is 25.1 Å². The molecule has 24 heavy (non-hydrogen) atoms. The normalized spacial score (nSPS) is 15.6. The number of rotatable bonds is 4. The van der Waals surface area contributed by atoms with Crippen LogP contribution >= 0.6 is 11.6 Å². The lowest BCUT2D eigenvalue weighted by molar-refractivity contribution is -0.145. The van der Waals surface area contributed by atoms with Crippen molar-refractivity contribution in [3.05, 3.63) is 53.2 Å². The summed E-state index contributed by atoms with van der Waals surface area (Å²) in [6, 6.07) is 10.7. The van der Waals surface area contributed by atoms with Crippen LogP contribution in [0.2, 0.25) is 5.02 Å². The van der Waals surface area contributed by atoms with Crippen LogP contribution in [0.25, 0.3) is 0 Å². The largest absolute Gasteiger partial charge is 0.466 e. The molecule has 1 aliphatic heterocycles. The SMILES string of the molecule is CCOC(=O)CC(=O)N1c2cccnc2NC1c1ccccc1Cl. The molecule has 0 fully saturated rings. The maximum atomic E-state index is 12.7. The molecule has 3 rings (SSSR count). The molecule has 0 radical (unpaired) electrons. The first-order valence-corrected chi connectivity index (χ1v) is 7.93. The fourth-order valence-electron chi connectivity index (χ4n) is 2.65. The lowest BCUT2D eigenvalue weighted by atomic mass is 10.1. The number of aromatic nitrogens is 1. The summed E-state index contributed by atoms with van der Waals surface area (Å²) in [6.45, 7) is 1.93. The molecule has 1 unspecified atom stereocenters. The number of esters is 1. The molecule has 6 nitrogen and oxygen atoms in total. The van der Waals surface area contributed by atoms with E-state index < -0.39 is 12.1 Å². The lowest BCUT2D eigenvalue weighted by Crippen LogP contribution is -2.35. The molecule has 0 bridgehead atoms. The number of benzene rings is 1. The first kappa shape index (κ1) is 16.3. The van der Waals surface area contributed by atoms with Gasteiger partial charge in [-0.1, -0.05) is 29.8 Å². The summed E-state index contributed by atoms with van der Waals surface area (Å²) < 4.78 is 4.88. The second-order valence-electron chi connectivity index (χ2n) is 5.19. The molecule has 1 N–H and O–H groups in total. The second-order valence-corrected chi connectivity index (χ2v) is 5.59. The highest BCUT2D eigenvalue weighted by Gasteiger charge is 2.36. The monoisotopic (exact) mass is 345 g/mol. The van der Waals surface area contributed by atoms with E-state index in [1.165, 1.54) is 4.90 Å². The number of carbonyl (C=O) groups excluding carboxylic acids is 2. The summed E-state index contributed by atoms with van der Waals surface area (Å²) in [6.07, 6.45) is 0.769. The molecule has 1 aromatic carbocycles. The molecule has 1 amide bonds. The summed E-state index contributed by atoms with van der Waals surface area (Å²) in [4.78, 5) is 30.2. The summed E-state index contributed by atoms with van der Waals surface area (Å²) in [7, 11) is 0. The highest BCUT2D eigenvalue weighted by Crippen LogP contribution is 2.41. The van der Waals surface area contributed by atoms with Gasteiger partial charge in [-0.15, -0.1) is 0 Å². The molecule has 1 atom stereocenters. The first-order chi connectivity index (χ1) is 11.6. The Labute approximate surface area is 144 Å². The van der Waals surface area contributed by atoms with Gasteiger partial charge < -0.3 is 10.1 Å². The first-order valence-electron chi connectivity index (χ1n) is 7.55. The fraction of sp³-hybridized carbons (Fsp3) is 0.235. The Morgan fingerprint density at radius 1 is 1.29 bits per heavy atom. The van der Waals surface area contributed by atoms with Crippen LogP contribution in [-0.4, -0.2) is 23.5 Å². The molecule has 124 valence electrons. The van der Waals surface area contributed by atoms with E-state index in [2.05, 4.69) is 10.3 Å². The van der Waals surface area contributed by atoms with Crippen LogP contribution in [0.5, 0.6) is 0 Å². The van der Waals surface area contributed by atoms with E-state index in [1.807, 2.05) is 18.2 Å². The molecule has 0 spiro atoms. The third-order valence-corrected chi connectivity index (χ3v) is 3.99. The molecule has 2 heterocycles. The summed E-state index contributed by atoms with van der Waals surface area (Å²) >= 11 is 6.28. The van der Waals surface area contributed by atoms with E-state index in [1.54, 1.807) is 31.3 Å². The summed E-state index contributed by atoms with van der Waals surface area (Å²) in [5.74, 6) is -0.366. The zero-order chi connectivity index (χ0) is 17.1. The highest BCUT2D eigenvalue weighted by molar-refractivity contribution is 6.31. The number of nitrogens with one attached hydrogen (secondary N) is 1. The van der Waals surface area contributed by atoms with Crippen molar-refractivity contribution in [3.8, 4) is 0 Å². The molecule has 0 saturated heterocycles. The zero-order valence-electron chi connectivity index (χ0n) is 13.0. The van der Waals surface area contributed by atoms with E-state index in [4.69, 9.17) is 16.3 Å². The van der Waals surface area contributed by atoms with Crippen molar-refractivity contribution in [3.63, 3.8) is 0 Å². The molecule has 1 aromatic heterocycles. The smallest absolute Gasteiger partial charge is 0.315 e. The Kier molecular flexibility index (Phi) is 4.66. The Bertz CT molecular complexity index is 781. The third kappa shape index (κ3) is 3.05. The summed E-state index contributed by atoms with van der Waals surface area (Å²) in [5.41, 5.74) is 1.34. The molecule has 2 aromatic rings. The van der Waals surface area contributed by atoms with Crippen LogP contribution < -0.4 is 10.2 Å². The standard InChI is InChI=1S/C17H16ClN3O3/c1-2-24-15(23)10-14(22)21-13-8-5-9-19-16(13)20-17(21)11-6-3-4-7-12(11)18/h3-9,17H,2,10H2,1H3,(H,19,20). The minimum Gasteiger partial charge on any atom is -0.466 e. The van der Waals surface area contributed by atoms with Crippen LogP contribution in [0.3, 0.4) is 0 Å². The molecular weight excluding hydrogens is 330 g/mol. The van der Waals surface area contributed by atoms with Gasteiger partial charge in [0, 0.05) is 16.8 Å². The van der Waals surface area contributed by atoms with Crippen LogP contribution in [0.4, 0.5) is 11.5 Å². The number of amides is 1. The molecule has 7 heteroatoms. The van der Waals surface area contributed by atoms with Crippen molar-refractivity contribution in [2.45, 2.75) is 19.5 Å². The quantitative estimate of drug-likeness (QED) is 0.680. The highest BCUT2D eigenvalue weighted by atomic mass is 35.5. The van der Waals surface area contributed by atoms with Crippen molar-refractivity contribution in [2.75, 3.05) is 16.8 Å². The maximum Gasteiger partial charge on any atom is 0.315 e. The van der Waals surface area contributed by atoms with Crippen molar-refractivity contribution in [2.24, 2.45) is 0 Å². The number of hydrogen-bond acceptors (Lipinski definition) is 5. The van der Waals surface area contributed by atoms with Gasteiger partial charge in [0.15, 0.2) is 5.82 Å². The Morgan fingerprint density at radius 3 is 2.83 bits per heavy atom. The number of halogens is 1. The van der Waals surface area contributed by atoms with Crippen LogP contribution in [0, 0.1) is 0 Å². The number of carbonyl (C=O) groups is 2. The van der Waals surface area contributed by atoms with Gasteiger partial charge in [-0.3, -0.25) is 14.5 Å². The van der Waals surface area contributed by atoms with Gasteiger partial charge in [-0.05, 0) is 25.1 Å². The number of hydrogen-bond donors (Lipinski definition) is 1. The van der Waals surface area contributed by atoms with Gasteiger partial charge in [0.1, 0.15) is 12.6 Å². The van der Waals surface area contributed by atoms with E-state index in [-0.39, 0.29) is 18.9 Å². The minimum absolute atomic E-state index is 0.233. The van der Waals surface area contributed by atoms with Crippen molar-refractivity contribution in [1.82, 2.24) is 4.98 Å². The van der Waals surface area contributed by atoms with Crippen LogP contribution in [-0.2, 0) is 14.3 Å². The Balaban J connectivity index is 1.96. The van der Waals surface area contributed by atoms with E-state index in [0.29, 0.717) is 16.5 Å². The predicted octanol–water partition coefficient (Wildman–Crippen LogP) is 3.15. The average molecular weight is 346 g/mol. The fourth-order valence-corrected chi connectivity index (χ4v) is 2.89. The molecule has 0 aliphatic carbocycles. The topological polar surface area (TPSA) is 71.5 Å². The zero-order valence-corrected chi connectivity index (χ0v) is 13.8. The number of anilines is 2. The molecule has 0 saturated carbocycles. The maximum absolute atomic E-state index is 12.7. The van der Waals surface area contributed by atoms with Crippen molar-refractivity contribution >= 4 is 35.0 Å². The minimum atomic E-state index is -0.558. The van der Waals surface area contributed by atoms with E-state index in [0.717, 1.165) is 5.56 Å². The average Bonchev–Trinajstić information content (AvgIpc) is 2.94. The van der Waals surface area contributed by atoms with Crippen molar-refractivity contribution < 1.29 is 14.3 Å². The number of pyridine rings is 1.